The molecule has 3 aromatic rings. The van der Waals surface area contributed by atoms with E-state index in [9.17, 15) is 9.18 Å². The van der Waals surface area contributed by atoms with E-state index in [0.29, 0.717) is 22.2 Å². The Morgan fingerprint density at radius 2 is 1.88 bits per heavy atom. The average Bonchev–Trinajstić information content (AvgIpc) is 3.08. The zero-order chi connectivity index (χ0) is 18.7. The van der Waals surface area contributed by atoms with Crippen LogP contribution in [0.5, 0.6) is 0 Å². The van der Waals surface area contributed by atoms with Gasteiger partial charge in [-0.15, -0.1) is 0 Å². The van der Waals surface area contributed by atoms with Gasteiger partial charge in [0.2, 0.25) is 5.91 Å². The standard InChI is InChI=1S/C20H14Cl2FNO2/c1-12-2-3-13(10-16(12)21)19-8-5-15(26-19)6-9-20(25)24-14-4-7-18(23)17(22)11-14/h2-11H,1H3,(H,24,25). The van der Waals surface area contributed by atoms with Gasteiger partial charge in [-0.3, -0.25) is 4.79 Å². The Morgan fingerprint density at radius 3 is 2.62 bits per heavy atom. The van der Waals surface area contributed by atoms with Crippen molar-refractivity contribution in [3.8, 4) is 11.3 Å². The second-order valence-electron chi connectivity index (χ2n) is 5.62. The van der Waals surface area contributed by atoms with Crippen LogP contribution in [0.25, 0.3) is 17.4 Å². The maximum absolute atomic E-state index is 13.1. The second kappa shape index (κ2) is 7.77. The minimum atomic E-state index is -0.542. The van der Waals surface area contributed by atoms with E-state index in [1.54, 1.807) is 18.2 Å². The van der Waals surface area contributed by atoms with E-state index in [2.05, 4.69) is 5.32 Å². The van der Waals surface area contributed by atoms with Crippen LogP contribution in [-0.2, 0) is 4.79 Å². The van der Waals surface area contributed by atoms with E-state index in [4.69, 9.17) is 27.6 Å². The van der Waals surface area contributed by atoms with Crippen molar-refractivity contribution in [2.75, 3.05) is 5.32 Å². The molecule has 3 rings (SSSR count). The van der Waals surface area contributed by atoms with Crippen LogP contribution >= 0.6 is 23.2 Å². The summed E-state index contributed by atoms with van der Waals surface area (Å²) in [6, 6.07) is 13.2. The third kappa shape index (κ3) is 4.34. The monoisotopic (exact) mass is 389 g/mol. The average molecular weight is 390 g/mol. The highest BCUT2D eigenvalue weighted by atomic mass is 35.5. The SMILES string of the molecule is Cc1ccc(-c2ccc(C=CC(=O)Nc3ccc(F)c(Cl)c3)o2)cc1Cl. The maximum atomic E-state index is 13.1. The van der Waals surface area contributed by atoms with E-state index in [0.717, 1.165) is 11.1 Å². The molecule has 0 spiro atoms. The van der Waals surface area contributed by atoms with Gasteiger partial charge in [0.05, 0.1) is 5.02 Å². The van der Waals surface area contributed by atoms with Gasteiger partial charge < -0.3 is 9.73 Å². The molecule has 0 saturated carbocycles. The maximum Gasteiger partial charge on any atom is 0.248 e. The molecule has 0 aliphatic heterocycles. The lowest BCUT2D eigenvalue weighted by molar-refractivity contribution is -0.111. The summed E-state index contributed by atoms with van der Waals surface area (Å²) in [7, 11) is 0. The van der Waals surface area contributed by atoms with Crippen LogP contribution in [0.3, 0.4) is 0 Å². The van der Waals surface area contributed by atoms with Crippen LogP contribution in [0.15, 0.2) is 59.0 Å². The number of anilines is 1. The minimum absolute atomic E-state index is 0.0563. The van der Waals surface area contributed by atoms with Crippen molar-refractivity contribution in [3.63, 3.8) is 0 Å². The molecule has 0 atom stereocenters. The highest BCUT2D eigenvalue weighted by Crippen LogP contribution is 2.27. The number of halogens is 3. The van der Waals surface area contributed by atoms with Crippen molar-refractivity contribution < 1.29 is 13.6 Å². The molecule has 0 radical (unpaired) electrons. The fourth-order valence-electron chi connectivity index (χ4n) is 2.26. The van der Waals surface area contributed by atoms with Gasteiger partial charge in [0.1, 0.15) is 17.3 Å². The lowest BCUT2D eigenvalue weighted by Gasteiger charge is -2.02. The first-order valence-electron chi connectivity index (χ1n) is 7.73. The van der Waals surface area contributed by atoms with Gasteiger partial charge in [-0.05, 0) is 55.0 Å². The van der Waals surface area contributed by atoms with E-state index in [1.165, 1.54) is 24.3 Å². The molecule has 1 aromatic heterocycles. The van der Waals surface area contributed by atoms with Gasteiger partial charge in [0.25, 0.3) is 0 Å². The minimum Gasteiger partial charge on any atom is -0.457 e. The quantitative estimate of drug-likeness (QED) is 0.527. The van der Waals surface area contributed by atoms with Crippen molar-refractivity contribution in [3.05, 3.63) is 81.8 Å². The molecular formula is C20H14Cl2FNO2. The number of hydrogen-bond acceptors (Lipinski definition) is 2. The molecule has 1 N–H and O–H groups in total. The van der Waals surface area contributed by atoms with Gasteiger partial charge in [-0.1, -0.05) is 35.3 Å². The predicted octanol–water partition coefficient (Wildman–Crippen LogP) is 6.35. The molecule has 0 bridgehead atoms. The zero-order valence-corrected chi connectivity index (χ0v) is 15.2. The van der Waals surface area contributed by atoms with Gasteiger partial charge in [0, 0.05) is 22.3 Å². The number of carbonyl (C=O) groups is 1. The fraction of sp³-hybridized carbons (Fsp3) is 0.0500. The number of carbonyl (C=O) groups excluding carboxylic acids is 1. The number of nitrogens with one attached hydrogen (secondary N) is 1. The summed E-state index contributed by atoms with van der Waals surface area (Å²) in [4.78, 5) is 11.9. The predicted molar refractivity (Wildman–Crippen MR) is 103 cm³/mol. The summed E-state index contributed by atoms with van der Waals surface area (Å²) >= 11 is 11.8. The summed E-state index contributed by atoms with van der Waals surface area (Å²) < 4.78 is 18.8. The molecule has 2 aromatic carbocycles. The highest BCUT2D eigenvalue weighted by molar-refractivity contribution is 6.31. The van der Waals surface area contributed by atoms with Crippen molar-refractivity contribution in [2.24, 2.45) is 0 Å². The Morgan fingerprint density at radius 1 is 1.08 bits per heavy atom. The Kier molecular flexibility index (Phi) is 5.45. The fourth-order valence-corrected chi connectivity index (χ4v) is 2.62. The number of furan rings is 1. The second-order valence-corrected chi connectivity index (χ2v) is 6.43. The molecule has 132 valence electrons. The molecule has 6 heteroatoms. The number of amides is 1. The Balaban J connectivity index is 1.68. The van der Waals surface area contributed by atoms with Gasteiger partial charge in [-0.25, -0.2) is 4.39 Å². The Labute approximate surface area is 160 Å². The third-order valence-electron chi connectivity index (χ3n) is 3.67. The summed E-state index contributed by atoms with van der Waals surface area (Å²) in [5.41, 5.74) is 2.24. The number of benzene rings is 2. The van der Waals surface area contributed by atoms with Crippen molar-refractivity contribution in [2.45, 2.75) is 6.92 Å². The van der Waals surface area contributed by atoms with Gasteiger partial charge in [-0.2, -0.15) is 0 Å². The normalized spacial score (nSPS) is 11.1. The van der Waals surface area contributed by atoms with Crippen LogP contribution in [0, 0.1) is 12.7 Å². The van der Waals surface area contributed by atoms with Crippen molar-refractivity contribution >= 4 is 40.9 Å². The largest absolute Gasteiger partial charge is 0.457 e. The number of aryl methyl sites for hydroxylation is 1. The zero-order valence-electron chi connectivity index (χ0n) is 13.7. The van der Waals surface area contributed by atoms with Crippen LogP contribution in [0.4, 0.5) is 10.1 Å². The first-order valence-corrected chi connectivity index (χ1v) is 8.48. The smallest absolute Gasteiger partial charge is 0.248 e. The molecule has 1 amide bonds. The number of rotatable bonds is 4. The first-order chi connectivity index (χ1) is 12.4. The van der Waals surface area contributed by atoms with Crippen molar-refractivity contribution in [1.82, 2.24) is 0 Å². The third-order valence-corrected chi connectivity index (χ3v) is 4.37. The van der Waals surface area contributed by atoms with E-state index in [-0.39, 0.29) is 10.9 Å². The number of hydrogen-bond donors (Lipinski definition) is 1. The molecule has 26 heavy (non-hydrogen) atoms. The molecular weight excluding hydrogens is 376 g/mol. The molecule has 3 nitrogen and oxygen atoms in total. The van der Waals surface area contributed by atoms with Crippen molar-refractivity contribution in [1.29, 1.82) is 0 Å². The van der Waals surface area contributed by atoms with Crippen LogP contribution in [-0.4, -0.2) is 5.91 Å². The van der Waals surface area contributed by atoms with E-state index in [1.807, 2.05) is 25.1 Å². The van der Waals surface area contributed by atoms with Crippen LogP contribution in [0.2, 0.25) is 10.0 Å². The molecule has 0 aliphatic rings. The lowest BCUT2D eigenvalue weighted by Crippen LogP contribution is -2.07. The lowest BCUT2D eigenvalue weighted by atomic mass is 10.1. The topological polar surface area (TPSA) is 42.2 Å². The molecule has 1 heterocycles. The van der Waals surface area contributed by atoms with E-state index < -0.39 is 5.82 Å². The van der Waals surface area contributed by atoms with Crippen LogP contribution < -0.4 is 5.32 Å². The molecule has 0 unspecified atom stereocenters. The molecule has 0 aliphatic carbocycles. The summed E-state index contributed by atoms with van der Waals surface area (Å²) in [5.74, 6) is 0.241. The van der Waals surface area contributed by atoms with Gasteiger partial charge >= 0.3 is 0 Å². The highest BCUT2D eigenvalue weighted by Gasteiger charge is 2.06. The molecule has 0 saturated heterocycles. The Hall–Kier alpha value is -2.56. The Bertz CT molecular complexity index is 995. The summed E-state index contributed by atoms with van der Waals surface area (Å²) in [6.45, 7) is 1.93. The van der Waals surface area contributed by atoms with Gasteiger partial charge in [0.15, 0.2) is 0 Å². The van der Waals surface area contributed by atoms with Crippen LogP contribution in [0.1, 0.15) is 11.3 Å². The molecule has 0 fully saturated rings. The summed E-state index contributed by atoms with van der Waals surface area (Å²) in [5, 5.41) is 3.20. The van der Waals surface area contributed by atoms with E-state index >= 15 is 0 Å². The summed E-state index contributed by atoms with van der Waals surface area (Å²) in [6.07, 6.45) is 2.86. The first kappa shape index (κ1) is 18.2.